The molecule has 1 saturated heterocycles. The van der Waals surface area contributed by atoms with Gasteiger partial charge < -0.3 is 20.0 Å². The Morgan fingerprint density at radius 3 is 2.55 bits per heavy atom. The molecule has 0 aromatic carbocycles. The number of rotatable bonds is 6. The minimum atomic E-state index is 0.623. The minimum absolute atomic E-state index is 0.623. The van der Waals surface area contributed by atoms with Crippen LogP contribution in [-0.4, -0.2) is 66.2 Å². The molecule has 1 N–H and O–H groups in total. The van der Waals surface area contributed by atoms with Crippen molar-refractivity contribution in [2.45, 2.75) is 38.6 Å². The molecule has 2 aliphatic rings. The molecule has 1 aliphatic heterocycles. The first-order valence-corrected chi connectivity index (χ1v) is 12.7. The first kappa shape index (κ1) is 22.1. The predicted octanol–water partition coefficient (Wildman–Crippen LogP) is 4.78. The second-order valence-corrected chi connectivity index (χ2v) is 10.2. The summed E-state index contributed by atoms with van der Waals surface area (Å²) in [6.07, 6.45) is 9.01. The van der Waals surface area contributed by atoms with Gasteiger partial charge in [0.1, 0.15) is 11.6 Å². The van der Waals surface area contributed by atoms with E-state index in [9.17, 15) is 0 Å². The lowest BCUT2D eigenvalue weighted by molar-refractivity contribution is 0.313. The zero-order chi connectivity index (χ0) is 22.8. The molecular weight excluding hydrogens is 430 g/mol. The fourth-order valence-electron chi connectivity index (χ4n) is 4.73. The van der Waals surface area contributed by atoms with Gasteiger partial charge in [0.25, 0.3) is 0 Å². The van der Waals surface area contributed by atoms with E-state index in [2.05, 4.69) is 69.2 Å². The number of thiazole rings is 1. The van der Waals surface area contributed by atoms with Crippen molar-refractivity contribution >= 4 is 33.8 Å². The summed E-state index contributed by atoms with van der Waals surface area (Å²) < 4.78 is 0. The monoisotopic (exact) mass is 463 g/mol. The zero-order valence-electron chi connectivity index (χ0n) is 19.8. The van der Waals surface area contributed by atoms with Crippen LogP contribution in [0.3, 0.4) is 0 Å². The third-order valence-electron chi connectivity index (χ3n) is 6.85. The Hall–Kier alpha value is -2.71. The molecule has 1 saturated carbocycles. The Morgan fingerprint density at radius 1 is 1.03 bits per heavy atom. The normalized spacial score (nSPS) is 17.5. The van der Waals surface area contributed by atoms with Crippen molar-refractivity contribution < 1.29 is 0 Å². The first-order valence-electron chi connectivity index (χ1n) is 11.9. The van der Waals surface area contributed by atoms with E-state index in [1.807, 2.05) is 18.5 Å². The molecule has 33 heavy (non-hydrogen) atoms. The minimum Gasteiger partial charge on any atom is -0.368 e. The number of anilines is 4. The third-order valence-corrected chi connectivity index (χ3v) is 8.15. The lowest BCUT2D eigenvalue weighted by Crippen LogP contribution is -2.44. The summed E-state index contributed by atoms with van der Waals surface area (Å²) in [4.78, 5) is 22.4. The highest BCUT2D eigenvalue weighted by Gasteiger charge is 2.23. The fraction of sp³-hybridized carbons (Fsp3) is 0.480. The van der Waals surface area contributed by atoms with Gasteiger partial charge in [-0.25, -0.2) is 15.0 Å². The smallest absolute Gasteiger partial charge is 0.186 e. The maximum Gasteiger partial charge on any atom is 0.186 e. The summed E-state index contributed by atoms with van der Waals surface area (Å²) in [6, 6.07) is 8.96. The van der Waals surface area contributed by atoms with Gasteiger partial charge in [-0.15, -0.1) is 0 Å². The van der Waals surface area contributed by atoms with E-state index in [0.29, 0.717) is 6.04 Å². The van der Waals surface area contributed by atoms with Crippen LogP contribution >= 0.6 is 11.3 Å². The highest BCUT2D eigenvalue weighted by Crippen LogP contribution is 2.37. The number of pyridine rings is 2. The van der Waals surface area contributed by atoms with E-state index in [0.717, 1.165) is 54.2 Å². The zero-order valence-corrected chi connectivity index (χ0v) is 20.6. The summed E-state index contributed by atoms with van der Waals surface area (Å²) in [7, 11) is 4.36. The van der Waals surface area contributed by atoms with Crippen LogP contribution < -0.4 is 15.1 Å². The lowest BCUT2D eigenvalue weighted by atomic mass is 10.2. The van der Waals surface area contributed by atoms with Crippen LogP contribution in [-0.2, 0) is 0 Å². The van der Waals surface area contributed by atoms with Crippen LogP contribution in [0.4, 0.5) is 22.5 Å². The van der Waals surface area contributed by atoms with E-state index in [4.69, 9.17) is 4.98 Å². The van der Waals surface area contributed by atoms with Gasteiger partial charge in [-0.3, -0.25) is 0 Å². The van der Waals surface area contributed by atoms with Gasteiger partial charge in [-0.2, -0.15) is 0 Å². The Labute approximate surface area is 200 Å². The maximum absolute atomic E-state index is 4.89. The van der Waals surface area contributed by atoms with Crippen molar-refractivity contribution in [2.75, 3.05) is 55.4 Å². The van der Waals surface area contributed by atoms with Crippen molar-refractivity contribution in [1.29, 1.82) is 0 Å². The molecule has 1 aliphatic carbocycles. The van der Waals surface area contributed by atoms with E-state index >= 15 is 0 Å². The van der Waals surface area contributed by atoms with Gasteiger partial charge in [-0.1, -0.05) is 24.2 Å². The Balaban J connectivity index is 1.29. The molecular formula is C25H33N7S. The number of nitrogens with one attached hydrogen (secondary N) is 1. The van der Waals surface area contributed by atoms with Crippen LogP contribution in [0.2, 0.25) is 0 Å². The Kier molecular flexibility index (Phi) is 6.46. The standard InChI is InChI=1S/C25H33N7S/c1-18-24(33-25(28-18)31(3)20-6-4-5-7-20)19-10-11-26-23(16-19)29-22-9-8-21(17-27-22)32-14-12-30(2)13-15-32/h8-11,16-17,20H,4-7,12-15H2,1-3H3,(H,26,27,29). The average Bonchev–Trinajstić information content (AvgIpc) is 3.50. The molecule has 5 rings (SSSR count). The second-order valence-electron chi connectivity index (χ2n) is 9.21. The summed E-state index contributed by atoms with van der Waals surface area (Å²) in [6.45, 7) is 6.36. The summed E-state index contributed by atoms with van der Waals surface area (Å²) in [5.41, 5.74) is 3.39. The molecule has 8 heteroatoms. The highest BCUT2D eigenvalue weighted by atomic mass is 32.1. The number of likely N-dealkylation sites (N-methyl/N-ethyl adjacent to an activating group) is 1. The summed E-state index contributed by atoms with van der Waals surface area (Å²) in [5, 5.41) is 4.48. The Morgan fingerprint density at radius 2 is 1.82 bits per heavy atom. The van der Waals surface area contributed by atoms with Crippen LogP contribution in [0, 0.1) is 6.92 Å². The van der Waals surface area contributed by atoms with Crippen LogP contribution in [0.15, 0.2) is 36.7 Å². The molecule has 0 atom stereocenters. The molecule has 3 aromatic heterocycles. The average molecular weight is 464 g/mol. The highest BCUT2D eigenvalue weighted by molar-refractivity contribution is 7.19. The molecule has 0 unspecified atom stereocenters. The van der Waals surface area contributed by atoms with Crippen LogP contribution in [0.25, 0.3) is 10.4 Å². The molecule has 3 aromatic rings. The van der Waals surface area contributed by atoms with Gasteiger partial charge in [0.15, 0.2) is 5.13 Å². The molecule has 0 radical (unpaired) electrons. The third kappa shape index (κ3) is 4.96. The molecule has 0 spiro atoms. The van der Waals surface area contributed by atoms with Gasteiger partial charge in [0, 0.05) is 45.5 Å². The number of nitrogens with zero attached hydrogens (tertiary/aromatic N) is 6. The van der Waals surface area contributed by atoms with Crippen LogP contribution in [0.1, 0.15) is 31.4 Å². The van der Waals surface area contributed by atoms with Crippen molar-refractivity contribution in [1.82, 2.24) is 19.9 Å². The molecule has 174 valence electrons. The van der Waals surface area contributed by atoms with Gasteiger partial charge in [-0.05, 0) is 56.6 Å². The number of hydrogen-bond acceptors (Lipinski definition) is 8. The Bertz CT molecular complexity index is 1070. The largest absolute Gasteiger partial charge is 0.368 e. The van der Waals surface area contributed by atoms with Crippen molar-refractivity contribution in [3.05, 3.63) is 42.4 Å². The summed E-state index contributed by atoms with van der Waals surface area (Å²) in [5.74, 6) is 1.60. The van der Waals surface area contributed by atoms with Crippen LogP contribution in [0.5, 0.6) is 0 Å². The molecule has 7 nitrogen and oxygen atoms in total. The molecule has 0 amide bonds. The topological polar surface area (TPSA) is 60.4 Å². The van der Waals surface area contributed by atoms with Gasteiger partial charge in [0.05, 0.1) is 22.5 Å². The molecule has 0 bridgehead atoms. The van der Waals surface area contributed by atoms with E-state index < -0.39 is 0 Å². The van der Waals surface area contributed by atoms with E-state index in [1.165, 1.54) is 36.2 Å². The molecule has 4 heterocycles. The predicted molar refractivity (Wildman–Crippen MR) is 138 cm³/mol. The van der Waals surface area contributed by atoms with E-state index in [1.54, 1.807) is 11.3 Å². The SMILES string of the molecule is Cc1nc(N(C)C2CCCC2)sc1-c1ccnc(Nc2ccc(N3CCN(C)CC3)cn2)c1. The number of aryl methyl sites for hydroxylation is 1. The van der Waals surface area contributed by atoms with Crippen molar-refractivity contribution in [2.24, 2.45) is 0 Å². The molecule has 2 fully saturated rings. The van der Waals surface area contributed by atoms with Gasteiger partial charge >= 0.3 is 0 Å². The fourth-order valence-corrected chi connectivity index (χ4v) is 5.83. The van der Waals surface area contributed by atoms with Gasteiger partial charge in [0.2, 0.25) is 0 Å². The van der Waals surface area contributed by atoms with E-state index in [-0.39, 0.29) is 0 Å². The maximum atomic E-state index is 4.89. The second kappa shape index (κ2) is 9.65. The first-order chi connectivity index (χ1) is 16.1. The lowest BCUT2D eigenvalue weighted by Gasteiger charge is -2.33. The number of piperazine rings is 1. The quantitative estimate of drug-likeness (QED) is 0.564. The number of hydrogen-bond donors (Lipinski definition) is 1. The number of aromatic nitrogens is 3. The van der Waals surface area contributed by atoms with Crippen molar-refractivity contribution in [3.8, 4) is 10.4 Å². The van der Waals surface area contributed by atoms with Crippen molar-refractivity contribution in [3.63, 3.8) is 0 Å². The summed E-state index contributed by atoms with van der Waals surface area (Å²) >= 11 is 1.78.